The summed E-state index contributed by atoms with van der Waals surface area (Å²) >= 11 is 3.28. The summed E-state index contributed by atoms with van der Waals surface area (Å²) in [4.78, 5) is 11.7. The molecule has 1 amide bonds. The predicted molar refractivity (Wildman–Crippen MR) is 70.4 cm³/mol. The first-order chi connectivity index (χ1) is 8.15. The smallest absolute Gasteiger partial charge is 0.251 e. The third-order valence-corrected chi connectivity index (χ3v) is 2.95. The summed E-state index contributed by atoms with van der Waals surface area (Å²) in [6.07, 6.45) is 2.15. The van der Waals surface area contributed by atoms with E-state index in [0.29, 0.717) is 24.2 Å². The lowest BCUT2D eigenvalue weighted by atomic mass is 10.2. The molecule has 5 heteroatoms. The molecule has 0 aliphatic carbocycles. The number of halogens is 1. The number of carbonyl (C=O) groups excluding carboxylic acids is 1. The lowest BCUT2D eigenvalue weighted by Crippen LogP contribution is -2.24. The zero-order valence-electron chi connectivity index (χ0n) is 9.37. The van der Waals surface area contributed by atoms with Gasteiger partial charge in [0.2, 0.25) is 0 Å². The van der Waals surface area contributed by atoms with Gasteiger partial charge in [-0.25, -0.2) is 0 Å². The van der Waals surface area contributed by atoms with Crippen molar-refractivity contribution in [2.45, 2.75) is 19.3 Å². The number of hydrogen-bond donors (Lipinski definition) is 2. The number of rotatable bonds is 5. The Bertz CT molecular complexity index is 440. The number of nitrogens with two attached hydrogens (primary N) is 1. The van der Waals surface area contributed by atoms with Gasteiger partial charge in [0.25, 0.3) is 5.91 Å². The van der Waals surface area contributed by atoms with Crippen LogP contribution in [0.2, 0.25) is 0 Å². The first kappa shape index (κ1) is 13.5. The molecule has 0 spiro atoms. The first-order valence-corrected chi connectivity index (χ1v) is 6.14. The van der Waals surface area contributed by atoms with Gasteiger partial charge in [-0.05, 0) is 47.0 Å². The second kappa shape index (κ2) is 6.92. The van der Waals surface area contributed by atoms with Gasteiger partial charge in [-0.1, -0.05) is 0 Å². The van der Waals surface area contributed by atoms with Crippen molar-refractivity contribution in [1.82, 2.24) is 5.32 Å². The van der Waals surface area contributed by atoms with Crippen LogP contribution in [0.1, 0.15) is 29.6 Å². The molecule has 0 aliphatic heterocycles. The van der Waals surface area contributed by atoms with Gasteiger partial charge in [-0.3, -0.25) is 4.79 Å². The van der Waals surface area contributed by atoms with Crippen LogP contribution >= 0.6 is 15.9 Å². The molecule has 0 saturated carbocycles. The molecule has 0 aromatic heterocycles. The number of nitriles is 1. The van der Waals surface area contributed by atoms with E-state index in [0.717, 1.165) is 17.3 Å². The van der Waals surface area contributed by atoms with Gasteiger partial charge in [0.05, 0.1) is 6.07 Å². The van der Waals surface area contributed by atoms with E-state index >= 15 is 0 Å². The molecule has 0 bridgehead atoms. The van der Waals surface area contributed by atoms with E-state index in [4.69, 9.17) is 11.0 Å². The van der Waals surface area contributed by atoms with Crippen LogP contribution in [-0.4, -0.2) is 12.5 Å². The van der Waals surface area contributed by atoms with Crippen molar-refractivity contribution in [3.8, 4) is 6.07 Å². The number of benzene rings is 1. The zero-order chi connectivity index (χ0) is 12.7. The molecule has 0 fully saturated rings. The number of nitrogens with zero attached hydrogens (tertiary/aromatic N) is 1. The van der Waals surface area contributed by atoms with Gasteiger partial charge in [0, 0.05) is 28.7 Å². The minimum atomic E-state index is -0.123. The fraction of sp³-hybridized carbons (Fsp3) is 0.333. The zero-order valence-corrected chi connectivity index (χ0v) is 11.0. The molecule has 3 N–H and O–H groups in total. The van der Waals surface area contributed by atoms with Crippen LogP contribution in [0.5, 0.6) is 0 Å². The summed E-state index contributed by atoms with van der Waals surface area (Å²) in [6.45, 7) is 0.586. The van der Waals surface area contributed by atoms with E-state index < -0.39 is 0 Å². The molecule has 17 heavy (non-hydrogen) atoms. The number of nitrogen functional groups attached to an aromatic ring is 1. The summed E-state index contributed by atoms with van der Waals surface area (Å²) in [5, 5.41) is 11.1. The van der Waals surface area contributed by atoms with Crippen LogP contribution in [0.4, 0.5) is 5.69 Å². The van der Waals surface area contributed by atoms with Crippen molar-refractivity contribution < 1.29 is 4.79 Å². The maximum atomic E-state index is 11.7. The molecule has 0 saturated heterocycles. The van der Waals surface area contributed by atoms with Gasteiger partial charge in [-0.15, -0.1) is 0 Å². The Labute approximate surface area is 109 Å². The highest BCUT2D eigenvalue weighted by Crippen LogP contribution is 2.20. The Morgan fingerprint density at radius 3 is 2.88 bits per heavy atom. The summed E-state index contributed by atoms with van der Waals surface area (Å²) in [7, 11) is 0. The summed E-state index contributed by atoms with van der Waals surface area (Å²) < 4.78 is 0.717. The first-order valence-electron chi connectivity index (χ1n) is 5.35. The third-order valence-electron chi connectivity index (χ3n) is 2.26. The molecule has 1 aromatic carbocycles. The Kier molecular flexibility index (Phi) is 5.50. The Hall–Kier alpha value is -1.54. The van der Waals surface area contributed by atoms with Crippen LogP contribution in [-0.2, 0) is 0 Å². The lowest BCUT2D eigenvalue weighted by Gasteiger charge is -2.05. The van der Waals surface area contributed by atoms with Crippen LogP contribution in [0.25, 0.3) is 0 Å². The van der Waals surface area contributed by atoms with Crippen molar-refractivity contribution in [1.29, 1.82) is 5.26 Å². The van der Waals surface area contributed by atoms with E-state index in [9.17, 15) is 4.79 Å². The number of unbranched alkanes of at least 4 members (excludes halogenated alkanes) is 2. The monoisotopic (exact) mass is 295 g/mol. The van der Waals surface area contributed by atoms with Crippen LogP contribution < -0.4 is 11.1 Å². The van der Waals surface area contributed by atoms with E-state index in [1.807, 2.05) is 0 Å². The normalized spacial score (nSPS) is 9.65. The van der Waals surface area contributed by atoms with E-state index in [1.165, 1.54) is 0 Å². The number of anilines is 1. The Balaban J connectivity index is 2.42. The standard InChI is InChI=1S/C12H14BrN3O/c13-10-8-9(4-5-11(10)15)12(17)16-7-3-1-2-6-14/h4-5,8H,1-3,7,15H2,(H,16,17). The Morgan fingerprint density at radius 1 is 1.47 bits per heavy atom. The SMILES string of the molecule is N#CCCCCNC(=O)c1ccc(N)c(Br)c1. The van der Waals surface area contributed by atoms with Crippen molar-refractivity contribution in [2.24, 2.45) is 0 Å². The largest absolute Gasteiger partial charge is 0.398 e. The average molecular weight is 296 g/mol. The molecular formula is C12H14BrN3O. The summed E-state index contributed by atoms with van der Waals surface area (Å²) in [6, 6.07) is 7.14. The lowest BCUT2D eigenvalue weighted by molar-refractivity contribution is 0.0953. The van der Waals surface area contributed by atoms with Crippen molar-refractivity contribution in [3.63, 3.8) is 0 Å². The van der Waals surface area contributed by atoms with E-state index in [-0.39, 0.29) is 5.91 Å². The molecular weight excluding hydrogens is 282 g/mol. The van der Waals surface area contributed by atoms with Gasteiger partial charge >= 0.3 is 0 Å². The highest BCUT2D eigenvalue weighted by atomic mass is 79.9. The second-order valence-electron chi connectivity index (χ2n) is 3.61. The number of amides is 1. The molecule has 0 radical (unpaired) electrons. The second-order valence-corrected chi connectivity index (χ2v) is 4.46. The van der Waals surface area contributed by atoms with Crippen LogP contribution in [0.3, 0.4) is 0 Å². The molecule has 0 atom stereocenters. The average Bonchev–Trinajstić information content (AvgIpc) is 2.32. The maximum Gasteiger partial charge on any atom is 0.251 e. The van der Waals surface area contributed by atoms with Gasteiger partial charge in [0.15, 0.2) is 0 Å². The molecule has 1 aromatic rings. The minimum Gasteiger partial charge on any atom is -0.398 e. The molecule has 0 heterocycles. The molecule has 1 rings (SSSR count). The number of hydrogen-bond acceptors (Lipinski definition) is 3. The molecule has 4 nitrogen and oxygen atoms in total. The molecule has 90 valence electrons. The van der Waals surface area contributed by atoms with Crippen LogP contribution in [0.15, 0.2) is 22.7 Å². The number of carbonyl (C=O) groups is 1. The highest BCUT2D eigenvalue weighted by Gasteiger charge is 2.06. The summed E-state index contributed by atoms with van der Waals surface area (Å²) in [5.41, 5.74) is 6.82. The highest BCUT2D eigenvalue weighted by molar-refractivity contribution is 9.10. The van der Waals surface area contributed by atoms with Crippen LogP contribution in [0, 0.1) is 11.3 Å². The Morgan fingerprint density at radius 2 is 2.24 bits per heavy atom. The molecule has 0 unspecified atom stereocenters. The third kappa shape index (κ3) is 4.45. The van der Waals surface area contributed by atoms with Crippen molar-refractivity contribution >= 4 is 27.5 Å². The molecule has 0 aliphatic rings. The maximum absolute atomic E-state index is 11.7. The van der Waals surface area contributed by atoms with Gasteiger partial charge in [-0.2, -0.15) is 5.26 Å². The quantitative estimate of drug-likeness (QED) is 0.647. The number of nitrogens with one attached hydrogen (secondary N) is 1. The van der Waals surface area contributed by atoms with Gasteiger partial charge < -0.3 is 11.1 Å². The van der Waals surface area contributed by atoms with E-state index in [1.54, 1.807) is 18.2 Å². The topological polar surface area (TPSA) is 78.9 Å². The van der Waals surface area contributed by atoms with E-state index in [2.05, 4.69) is 27.3 Å². The van der Waals surface area contributed by atoms with Crippen molar-refractivity contribution in [3.05, 3.63) is 28.2 Å². The fourth-order valence-corrected chi connectivity index (χ4v) is 1.68. The van der Waals surface area contributed by atoms with Crippen molar-refractivity contribution in [2.75, 3.05) is 12.3 Å². The fourth-order valence-electron chi connectivity index (χ4n) is 1.30. The predicted octanol–water partition coefficient (Wildman–Crippen LogP) is 2.45. The van der Waals surface area contributed by atoms with Gasteiger partial charge in [0.1, 0.15) is 0 Å². The minimum absolute atomic E-state index is 0.123. The summed E-state index contributed by atoms with van der Waals surface area (Å²) in [5.74, 6) is -0.123.